The van der Waals surface area contributed by atoms with Crippen molar-refractivity contribution in [3.63, 3.8) is 0 Å². The Morgan fingerprint density at radius 3 is 2.54 bits per heavy atom. The molecule has 0 bridgehead atoms. The van der Waals surface area contributed by atoms with Crippen LogP contribution in [-0.4, -0.2) is 24.3 Å². The van der Waals surface area contributed by atoms with Gasteiger partial charge in [-0.25, -0.2) is 0 Å². The van der Waals surface area contributed by atoms with E-state index in [1.165, 1.54) is 42.2 Å². The Morgan fingerprint density at radius 1 is 1.15 bits per heavy atom. The van der Waals surface area contributed by atoms with Gasteiger partial charge in [-0.3, -0.25) is 10.2 Å². The highest BCUT2D eigenvalue weighted by Crippen LogP contribution is 2.34. The Labute approximate surface area is 225 Å². The molecule has 2 aliphatic carbocycles. The van der Waals surface area contributed by atoms with Crippen LogP contribution < -0.4 is 16.0 Å². The molecule has 2 aromatic carbocycles. The molecule has 4 N–H and O–H groups in total. The first-order valence-corrected chi connectivity index (χ1v) is 12.8. The monoisotopic (exact) mass is 533 g/mol. The highest BCUT2D eigenvalue weighted by atomic mass is 19.4. The van der Waals surface area contributed by atoms with Gasteiger partial charge in [0.1, 0.15) is 11.4 Å². The quantitative estimate of drug-likeness (QED) is 0.200. The van der Waals surface area contributed by atoms with E-state index in [1.54, 1.807) is 18.2 Å². The van der Waals surface area contributed by atoms with E-state index in [2.05, 4.69) is 35.0 Å². The predicted octanol–water partition coefficient (Wildman–Crippen LogP) is 6.78. The second-order valence-corrected chi connectivity index (χ2v) is 9.86. The Balaban J connectivity index is 1.59. The Bertz CT molecular complexity index is 1380. The summed E-state index contributed by atoms with van der Waals surface area (Å²) in [5, 5.41) is 25.5. The van der Waals surface area contributed by atoms with Crippen molar-refractivity contribution in [1.29, 1.82) is 10.7 Å². The fourth-order valence-corrected chi connectivity index (χ4v) is 4.39. The van der Waals surface area contributed by atoms with Crippen LogP contribution in [0.3, 0.4) is 0 Å². The van der Waals surface area contributed by atoms with E-state index < -0.39 is 23.5 Å². The molecule has 1 saturated carbocycles. The van der Waals surface area contributed by atoms with E-state index in [9.17, 15) is 18.0 Å². The minimum absolute atomic E-state index is 0.0497. The third kappa shape index (κ3) is 7.91. The number of allylic oxidation sites excluding steroid dienone is 4. The standard InChI is InChI=1S/C30H30F3N5O/c1-19-5-2-7-22(13-19)28(36-18-20-11-12-20)23-8-4-10-25(15-23)38-29(39)26(16-27(35)30(31,32)33)37-24-9-3-6-21(14-24)17-34/h3-6,8-10,13-16,20,28,35-37H,2,7,11-12,18H2,1H3,(H,38,39)/b26-16-,35-27?. The number of amides is 1. The molecule has 39 heavy (non-hydrogen) atoms. The number of carbonyl (C=O) groups excluding carboxylic acids is 1. The number of alkyl halides is 3. The molecule has 1 atom stereocenters. The number of carbonyl (C=O) groups is 1. The van der Waals surface area contributed by atoms with Crippen molar-refractivity contribution in [3.8, 4) is 6.07 Å². The topological polar surface area (TPSA) is 101 Å². The smallest absolute Gasteiger partial charge is 0.351 e. The van der Waals surface area contributed by atoms with Gasteiger partial charge in [0.15, 0.2) is 0 Å². The number of benzene rings is 2. The molecule has 1 fully saturated rings. The highest BCUT2D eigenvalue weighted by molar-refractivity contribution is 6.11. The third-order valence-corrected chi connectivity index (χ3v) is 6.58. The zero-order valence-corrected chi connectivity index (χ0v) is 21.5. The van der Waals surface area contributed by atoms with Crippen molar-refractivity contribution < 1.29 is 18.0 Å². The molecule has 2 aromatic rings. The number of nitriles is 1. The van der Waals surface area contributed by atoms with E-state index in [1.807, 2.05) is 18.2 Å². The normalized spacial score (nSPS) is 16.4. The van der Waals surface area contributed by atoms with Crippen LogP contribution in [0.5, 0.6) is 0 Å². The van der Waals surface area contributed by atoms with Crippen molar-refractivity contribution >= 4 is 23.0 Å². The third-order valence-electron chi connectivity index (χ3n) is 6.58. The van der Waals surface area contributed by atoms with Crippen molar-refractivity contribution in [2.75, 3.05) is 17.2 Å². The molecule has 0 aromatic heterocycles. The molecule has 6 nitrogen and oxygen atoms in total. The van der Waals surface area contributed by atoms with Crippen LogP contribution in [0.4, 0.5) is 24.5 Å². The van der Waals surface area contributed by atoms with E-state index in [4.69, 9.17) is 10.7 Å². The number of nitrogens with zero attached hydrogens (tertiary/aromatic N) is 1. The lowest BCUT2D eigenvalue weighted by atomic mass is 9.90. The van der Waals surface area contributed by atoms with Gasteiger partial charge in [0, 0.05) is 11.4 Å². The lowest BCUT2D eigenvalue weighted by molar-refractivity contribution is -0.112. The Morgan fingerprint density at radius 2 is 1.87 bits per heavy atom. The lowest BCUT2D eigenvalue weighted by Crippen LogP contribution is -2.27. The van der Waals surface area contributed by atoms with Gasteiger partial charge in [0.25, 0.3) is 5.91 Å². The van der Waals surface area contributed by atoms with E-state index in [0.29, 0.717) is 17.7 Å². The maximum atomic E-state index is 13.2. The predicted molar refractivity (Wildman–Crippen MR) is 146 cm³/mol. The maximum Gasteiger partial charge on any atom is 0.432 e. The number of hydrogen-bond donors (Lipinski definition) is 4. The van der Waals surface area contributed by atoms with E-state index in [-0.39, 0.29) is 17.3 Å². The van der Waals surface area contributed by atoms with Gasteiger partial charge in [0.05, 0.1) is 17.7 Å². The summed E-state index contributed by atoms with van der Waals surface area (Å²) in [7, 11) is 0. The first kappa shape index (κ1) is 27.9. The average molecular weight is 534 g/mol. The van der Waals surface area contributed by atoms with Crippen molar-refractivity contribution in [1.82, 2.24) is 5.32 Å². The Hall–Kier alpha value is -4.16. The average Bonchev–Trinajstić information content (AvgIpc) is 3.73. The molecule has 4 rings (SSSR count). The second-order valence-electron chi connectivity index (χ2n) is 9.86. The molecule has 1 amide bonds. The number of hydrogen-bond acceptors (Lipinski definition) is 5. The second kappa shape index (κ2) is 12.1. The molecule has 0 saturated heterocycles. The van der Waals surface area contributed by atoms with Gasteiger partial charge < -0.3 is 16.0 Å². The number of anilines is 2. The summed E-state index contributed by atoms with van der Waals surface area (Å²) in [5.41, 5.74) is 2.17. The maximum absolute atomic E-state index is 13.2. The summed E-state index contributed by atoms with van der Waals surface area (Å²) in [6, 6.07) is 15.2. The first-order chi connectivity index (χ1) is 18.6. The summed E-state index contributed by atoms with van der Waals surface area (Å²) in [6.07, 6.45) is 4.18. The summed E-state index contributed by atoms with van der Waals surface area (Å²) in [4.78, 5) is 13.2. The van der Waals surface area contributed by atoms with Gasteiger partial charge in [-0.2, -0.15) is 18.4 Å². The summed E-state index contributed by atoms with van der Waals surface area (Å²) >= 11 is 0. The molecular formula is C30H30F3N5O. The van der Waals surface area contributed by atoms with Crippen LogP contribution in [0.15, 0.2) is 83.6 Å². The summed E-state index contributed by atoms with van der Waals surface area (Å²) < 4.78 is 39.4. The molecule has 2 aliphatic rings. The summed E-state index contributed by atoms with van der Waals surface area (Å²) in [5.74, 6) is -0.180. The van der Waals surface area contributed by atoms with Gasteiger partial charge >= 0.3 is 6.18 Å². The van der Waals surface area contributed by atoms with Gasteiger partial charge in [-0.15, -0.1) is 0 Å². The van der Waals surface area contributed by atoms with Crippen LogP contribution in [0, 0.1) is 22.7 Å². The fraction of sp³-hybridized carbons (Fsp3) is 0.300. The molecule has 202 valence electrons. The van der Waals surface area contributed by atoms with Gasteiger partial charge in [-0.05, 0) is 92.6 Å². The van der Waals surface area contributed by atoms with Crippen LogP contribution in [0.2, 0.25) is 0 Å². The van der Waals surface area contributed by atoms with E-state index >= 15 is 0 Å². The van der Waals surface area contributed by atoms with Crippen LogP contribution in [0.1, 0.15) is 49.8 Å². The molecule has 1 unspecified atom stereocenters. The zero-order valence-electron chi connectivity index (χ0n) is 21.5. The van der Waals surface area contributed by atoms with E-state index in [0.717, 1.165) is 24.9 Å². The highest BCUT2D eigenvalue weighted by Gasteiger charge is 2.33. The van der Waals surface area contributed by atoms with Crippen molar-refractivity contribution in [3.05, 3.63) is 94.7 Å². The largest absolute Gasteiger partial charge is 0.432 e. The molecule has 0 aliphatic heterocycles. The van der Waals surface area contributed by atoms with Crippen molar-refractivity contribution in [2.24, 2.45) is 5.92 Å². The summed E-state index contributed by atoms with van der Waals surface area (Å²) in [6.45, 7) is 2.96. The molecule has 0 radical (unpaired) electrons. The molecule has 0 spiro atoms. The van der Waals surface area contributed by atoms with Gasteiger partial charge in [-0.1, -0.05) is 35.9 Å². The molecule has 0 heterocycles. The number of rotatable bonds is 10. The number of halogens is 3. The van der Waals surface area contributed by atoms with Crippen LogP contribution >= 0.6 is 0 Å². The van der Waals surface area contributed by atoms with Crippen LogP contribution in [0.25, 0.3) is 0 Å². The van der Waals surface area contributed by atoms with Gasteiger partial charge in [0.2, 0.25) is 0 Å². The molecular weight excluding hydrogens is 503 g/mol. The minimum Gasteiger partial charge on any atom is -0.351 e. The minimum atomic E-state index is -4.93. The van der Waals surface area contributed by atoms with Crippen LogP contribution in [-0.2, 0) is 4.79 Å². The molecule has 9 heteroatoms. The Kier molecular flexibility index (Phi) is 8.67. The van der Waals surface area contributed by atoms with Crippen molar-refractivity contribution in [2.45, 2.75) is 44.8 Å². The zero-order chi connectivity index (χ0) is 28.0. The lowest BCUT2D eigenvalue weighted by Gasteiger charge is -2.25. The number of nitrogens with one attached hydrogen (secondary N) is 4. The SMILES string of the molecule is CC1=CCCC(C(NCC2CC2)c2cccc(NC(=O)/C(=C/C(=N)C(F)(F)F)Nc3cccc(C#N)c3)c2)=C1. The fourth-order valence-electron chi connectivity index (χ4n) is 4.39. The first-order valence-electron chi connectivity index (χ1n) is 12.8.